The summed E-state index contributed by atoms with van der Waals surface area (Å²) >= 11 is 0. The van der Waals surface area contributed by atoms with Gasteiger partial charge in [-0.05, 0) is 19.9 Å². The van der Waals surface area contributed by atoms with E-state index in [1.165, 1.54) is 0 Å². The van der Waals surface area contributed by atoms with Gasteiger partial charge in [-0.1, -0.05) is 13.8 Å². The van der Waals surface area contributed by atoms with Crippen LogP contribution in [0.5, 0.6) is 0 Å². The van der Waals surface area contributed by atoms with Gasteiger partial charge in [-0.2, -0.15) is 0 Å². The van der Waals surface area contributed by atoms with E-state index in [0.29, 0.717) is 12.1 Å². The Kier molecular flexibility index (Phi) is 7.23. The first-order valence-corrected chi connectivity index (χ1v) is 5.15. The van der Waals surface area contributed by atoms with Crippen LogP contribution in [-0.4, -0.2) is 43.8 Å². The third-order valence-corrected chi connectivity index (χ3v) is 2.55. The van der Waals surface area contributed by atoms with Gasteiger partial charge in [-0.25, -0.2) is 0 Å². The molecule has 0 rings (SSSR count). The molecule has 0 spiro atoms. The van der Waals surface area contributed by atoms with E-state index in [9.17, 15) is 0 Å². The summed E-state index contributed by atoms with van der Waals surface area (Å²) in [5.74, 6) is 0. The molecule has 0 aliphatic carbocycles. The van der Waals surface area contributed by atoms with Crippen LogP contribution in [0, 0.1) is 0 Å². The summed E-state index contributed by atoms with van der Waals surface area (Å²) in [7, 11) is 1.74. The molecule has 0 heterocycles. The Hall–Kier alpha value is -0.120. The SMILES string of the molecule is CCC(CN)N(CC)C(C)COC. The first-order chi connectivity index (χ1) is 6.21. The van der Waals surface area contributed by atoms with E-state index >= 15 is 0 Å². The third kappa shape index (κ3) is 4.07. The van der Waals surface area contributed by atoms with Gasteiger partial charge >= 0.3 is 0 Å². The summed E-state index contributed by atoms with van der Waals surface area (Å²) in [6.45, 7) is 9.10. The van der Waals surface area contributed by atoms with Crippen LogP contribution in [-0.2, 0) is 4.74 Å². The maximum atomic E-state index is 5.71. The fraction of sp³-hybridized carbons (Fsp3) is 1.00. The van der Waals surface area contributed by atoms with Crippen LogP contribution in [0.25, 0.3) is 0 Å². The Balaban J connectivity index is 4.11. The quantitative estimate of drug-likeness (QED) is 0.650. The lowest BCUT2D eigenvalue weighted by Crippen LogP contribution is -2.46. The predicted molar refractivity (Wildman–Crippen MR) is 56.9 cm³/mol. The first kappa shape index (κ1) is 12.9. The van der Waals surface area contributed by atoms with Crippen molar-refractivity contribution in [3.63, 3.8) is 0 Å². The highest BCUT2D eigenvalue weighted by molar-refractivity contribution is 4.75. The molecule has 0 bridgehead atoms. The number of hydrogen-bond acceptors (Lipinski definition) is 3. The van der Waals surface area contributed by atoms with Gasteiger partial charge in [0.2, 0.25) is 0 Å². The molecule has 0 aliphatic rings. The highest BCUT2D eigenvalue weighted by Gasteiger charge is 2.18. The van der Waals surface area contributed by atoms with Crippen LogP contribution in [0.15, 0.2) is 0 Å². The number of likely N-dealkylation sites (N-methyl/N-ethyl adjacent to an activating group) is 1. The molecular formula is C10H24N2O. The monoisotopic (exact) mass is 188 g/mol. The van der Waals surface area contributed by atoms with Gasteiger partial charge in [-0.3, -0.25) is 4.90 Å². The van der Waals surface area contributed by atoms with E-state index in [0.717, 1.165) is 26.1 Å². The van der Waals surface area contributed by atoms with E-state index in [-0.39, 0.29) is 0 Å². The summed E-state index contributed by atoms with van der Waals surface area (Å²) in [5, 5.41) is 0. The van der Waals surface area contributed by atoms with Gasteiger partial charge < -0.3 is 10.5 Å². The maximum absolute atomic E-state index is 5.71. The second-order valence-corrected chi connectivity index (χ2v) is 3.43. The Morgan fingerprint density at radius 1 is 1.38 bits per heavy atom. The Labute approximate surface area is 82.2 Å². The van der Waals surface area contributed by atoms with E-state index in [1.807, 2.05) is 0 Å². The van der Waals surface area contributed by atoms with Crippen LogP contribution < -0.4 is 5.73 Å². The number of nitrogens with two attached hydrogens (primary N) is 1. The number of methoxy groups -OCH3 is 1. The van der Waals surface area contributed by atoms with Crippen molar-refractivity contribution in [1.82, 2.24) is 4.90 Å². The molecule has 3 nitrogen and oxygen atoms in total. The van der Waals surface area contributed by atoms with Gasteiger partial charge in [0.15, 0.2) is 0 Å². The second kappa shape index (κ2) is 7.30. The lowest BCUT2D eigenvalue weighted by atomic mass is 10.1. The van der Waals surface area contributed by atoms with Crippen LogP contribution in [0.4, 0.5) is 0 Å². The highest BCUT2D eigenvalue weighted by atomic mass is 16.5. The van der Waals surface area contributed by atoms with Crippen molar-refractivity contribution >= 4 is 0 Å². The zero-order valence-electron chi connectivity index (χ0n) is 9.42. The summed E-state index contributed by atoms with van der Waals surface area (Å²) in [6, 6.07) is 0.957. The fourth-order valence-corrected chi connectivity index (χ4v) is 1.80. The molecular weight excluding hydrogens is 164 g/mol. The molecule has 2 unspecified atom stereocenters. The molecule has 0 fully saturated rings. The van der Waals surface area contributed by atoms with E-state index in [4.69, 9.17) is 10.5 Å². The van der Waals surface area contributed by atoms with Crippen molar-refractivity contribution in [2.75, 3.05) is 26.8 Å². The first-order valence-electron chi connectivity index (χ1n) is 5.15. The van der Waals surface area contributed by atoms with Crippen LogP contribution >= 0.6 is 0 Å². The molecule has 0 aromatic rings. The molecule has 3 heteroatoms. The molecule has 0 amide bonds. The molecule has 0 saturated heterocycles. The van der Waals surface area contributed by atoms with Crippen molar-refractivity contribution in [2.24, 2.45) is 5.73 Å². The van der Waals surface area contributed by atoms with E-state index in [1.54, 1.807) is 7.11 Å². The molecule has 0 saturated carbocycles. The number of hydrogen-bond donors (Lipinski definition) is 1. The van der Waals surface area contributed by atoms with Crippen molar-refractivity contribution < 1.29 is 4.74 Å². The van der Waals surface area contributed by atoms with Gasteiger partial charge in [0.05, 0.1) is 6.61 Å². The summed E-state index contributed by atoms with van der Waals surface area (Å²) in [6.07, 6.45) is 1.11. The topological polar surface area (TPSA) is 38.5 Å². The average molecular weight is 188 g/mol. The van der Waals surface area contributed by atoms with Crippen molar-refractivity contribution in [3.05, 3.63) is 0 Å². The van der Waals surface area contributed by atoms with Crippen molar-refractivity contribution in [2.45, 2.75) is 39.3 Å². The lowest BCUT2D eigenvalue weighted by molar-refractivity contribution is 0.0741. The maximum Gasteiger partial charge on any atom is 0.0615 e. The Bertz CT molecular complexity index is 115. The lowest BCUT2D eigenvalue weighted by Gasteiger charge is -2.34. The van der Waals surface area contributed by atoms with Gasteiger partial charge in [0.1, 0.15) is 0 Å². The fourth-order valence-electron chi connectivity index (χ4n) is 1.80. The van der Waals surface area contributed by atoms with Gasteiger partial charge in [-0.15, -0.1) is 0 Å². The largest absolute Gasteiger partial charge is 0.383 e. The van der Waals surface area contributed by atoms with E-state index in [2.05, 4.69) is 25.7 Å². The molecule has 0 aliphatic heterocycles. The molecule has 0 aromatic carbocycles. The smallest absolute Gasteiger partial charge is 0.0615 e. The number of ether oxygens (including phenoxy) is 1. The number of rotatable bonds is 7. The molecule has 2 N–H and O–H groups in total. The number of nitrogens with zero attached hydrogens (tertiary/aromatic N) is 1. The highest BCUT2D eigenvalue weighted by Crippen LogP contribution is 2.08. The van der Waals surface area contributed by atoms with Gasteiger partial charge in [0.25, 0.3) is 0 Å². The zero-order valence-corrected chi connectivity index (χ0v) is 9.42. The standard InChI is InChI=1S/C10H24N2O/c1-5-10(7-11)12(6-2)9(3)8-13-4/h9-10H,5-8,11H2,1-4H3. The van der Waals surface area contributed by atoms with Crippen LogP contribution in [0.2, 0.25) is 0 Å². The van der Waals surface area contributed by atoms with E-state index < -0.39 is 0 Å². The van der Waals surface area contributed by atoms with Gasteiger partial charge in [0, 0.05) is 25.7 Å². The summed E-state index contributed by atoms with van der Waals surface area (Å²) < 4.78 is 5.14. The Morgan fingerprint density at radius 3 is 2.31 bits per heavy atom. The molecule has 0 aromatic heterocycles. The molecule has 13 heavy (non-hydrogen) atoms. The third-order valence-electron chi connectivity index (χ3n) is 2.55. The second-order valence-electron chi connectivity index (χ2n) is 3.43. The van der Waals surface area contributed by atoms with Crippen molar-refractivity contribution in [3.8, 4) is 0 Å². The molecule has 80 valence electrons. The zero-order chi connectivity index (χ0) is 10.3. The molecule has 2 atom stereocenters. The normalized spacial score (nSPS) is 16.2. The van der Waals surface area contributed by atoms with Crippen LogP contribution in [0.1, 0.15) is 27.2 Å². The van der Waals surface area contributed by atoms with Crippen molar-refractivity contribution in [1.29, 1.82) is 0 Å². The average Bonchev–Trinajstić information content (AvgIpc) is 2.14. The minimum Gasteiger partial charge on any atom is -0.383 e. The van der Waals surface area contributed by atoms with Crippen LogP contribution in [0.3, 0.4) is 0 Å². The summed E-state index contributed by atoms with van der Waals surface area (Å²) in [4.78, 5) is 2.41. The predicted octanol–water partition coefficient (Wildman–Crippen LogP) is 1.08. The summed E-state index contributed by atoms with van der Waals surface area (Å²) in [5.41, 5.74) is 5.71. The minimum absolute atomic E-state index is 0.462. The Morgan fingerprint density at radius 2 is 2.00 bits per heavy atom. The molecule has 0 radical (unpaired) electrons. The minimum atomic E-state index is 0.462.